The molecule has 1 aliphatic rings. The van der Waals surface area contributed by atoms with E-state index >= 15 is 0 Å². The quantitative estimate of drug-likeness (QED) is 0.669. The van der Waals surface area contributed by atoms with E-state index < -0.39 is 5.60 Å². The number of aliphatic hydroxyl groups is 1. The summed E-state index contributed by atoms with van der Waals surface area (Å²) in [6, 6.07) is 12.1. The van der Waals surface area contributed by atoms with Gasteiger partial charge in [0.25, 0.3) is 0 Å². The van der Waals surface area contributed by atoms with Crippen LogP contribution >= 0.6 is 0 Å². The molecule has 1 saturated heterocycles. The van der Waals surface area contributed by atoms with Gasteiger partial charge in [0.15, 0.2) is 11.6 Å². The number of morpholine rings is 1. The van der Waals surface area contributed by atoms with Gasteiger partial charge in [-0.2, -0.15) is 5.10 Å². The first-order chi connectivity index (χ1) is 14.5. The molecule has 0 bridgehead atoms. The molecule has 8 heteroatoms. The van der Waals surface area contributed by atoms with Crippen LogP contribution in [0.25, 0.3) is 17.1 Å². The van der Waals surface area contributed by atoms with E-state index in [1.54, 1.807) is 18.7 Å². The third kappa shape index (κ3) is 4.07. The van der Waals surface area contributed by atoms with Gasteiger partial charge in [-0.25, -0.2) is 14.6 Å². The van der Waals surface area contributed by atoms with E-state index in [1.165, 1.54) is 5.56 Å². The third-order valence-electron chi connectivity index (χ3n) is 5.40. The van der Waals surface area contributed by atoms with Crippen LogP contribution in [0.3, 0.4) is 0 Å². The maximum atomic E-state index is 9.92. The highest BCUT2D eigenvalue weighted by molar-refractivity contribution is 5.60. The predicted molar refractivity (Wildman–Crippen MR) is 114 cm³/mol. The standard InChI is InChI=1S/C22H27N5O3/c1-16-5-4-6-17(13-16)18-7-8-27(25-18)20-14-19(26-9-11-30-12-10-26)23-21(24-20)22(2,15-28)29-3/h4-8,13-14,28H,9-12,15H2,1-3H3. The van der Waals surface area contributed by atoms with Crippen molar-refractivity contribution in [1.29, 1.82) is 0 Å². The van der Waals surface area contributed by atoms with Gasteiger partial charge >= 0.3 is 0 Å². The Balaban J connectivity index is 1.77. The molecule has 4 rings (SSSR count). The van der Waals surface area contributed by atoms with Crippen LogP contribution < -0.4 is 4.90 Å². The highest BCUT2D eigenvalue weighted by atomic mass is 16.5. The van der Waals surface area contributed by atoms with Crippen molar-refractivity contribution < 1.29 is 14.6 Å². The van der Waals surface area contributed by atoms with E-state index in [4.69, 9.17) is 19.6 Å². The van der Waals surface area contributed by atoms with Gasteiger partial charge in [-0.05, 0) is 26.0 Å². The number of nitrogens with zero attached hydrogens (tertiary/aromatic N) is 5. The summed E-state index contributed by atoms with van der Waals surface area (Å²) in [5, 5.41) is 14.7. The molecule has 1 unspecified atom stereocenters. The van der Waals surface area contributed by atoms with E-state index in [2.05, 4.69) is 28.9 Å². The summed E-state index contributed by atoms with van der Waals surface area (Å²) in [6.45, 7) is 6.38. The molecular formula is C22H27N5O3. The predicted octanol–water partition coefficient (Wildman–Crippen LogP) is 2.33. The Morgan fingerprint density at radius 3 is 2.60 bits per heavy atom. The van der Waals surface area contributed by atoms with Crippen molar-refractivity contribution in [3.05, 3.63) is 54.0 Å². The van der Waals surface area contributed by atoms with Gasteiger partial charge in [0.2, 0.25) is 0 Å². The number of ether oxygens (including phenoxy) is 2. The number of rotatable bonds is 6. The molecule has 1 aliphatic heterocycles. The topological polar surface area (TPSA) is 85.5 Å². The van der Waals surface area contributed by atoms with Gasteiger partial charge < -0.3 is 19.5 Å². The number of hydrogen-bond acceptors (Lipinski definition) is 7. The molecule has 0 spiro atoms. The number of aryl methyl sites for hydroxylation is 1. The minimum atomic E-state index is -1.01. The van der Waals surface area contributed by atoms with Crippen LogP contribution in [0.4, 0.5) is 5.82 Å². The first kappa shape index (κ1) is 20.5. The molecule has 2 aromatic heterocycles. The van der Waals surface area contributed by atoms with Crippen molar-refractivity contribution >= 4 is 5.82 Å². The van der Waals surface area contributed by atoms with Gasteiger partial charge in [0.1, 0.15) is 11.4 Å². The molecule has 1 aromatic carbocycles. The number of hydrogen-bond donors (Lipinski definition) is 1. The highest BCUT2D eigenvalue weighted by Gasteiger charge is 2.31. The van der Waals surface area contributed by atoms with Crippen LogP contribution in [0.2, 0.25) is 0 Å². The molecule has 1 N–H and O–H groups in total. The molecule has 3 heterocycles. The van der Waals surface area contributed by atoms with E-state index in [0.717, 1.165) is 30.2 Å². The lowest BCUT2D eigenvalue weighted by Gasteiger charge is -2.30. The van der Waals surface area contributed by atoms with Gasteiger partial charge in [-0.15, -0.1) is 0 Å². The summed E-state index contributed by atoms with van der Waals surface area (Å²) in [5.74, 6) is 1.80. The second-order valence-corrected chi connectivity index (χ2v) is 7.62. The van der Waals surface area contributed by atoms with Gasteiger partial charge in [0.05, 0.1) is 25.5 Å². The van der Waals surface area contributed by atoms with E-state index in [1.807, 2.05) is 30.5 Å². The number of aliphatic hydroxyl groups excluding tert-OH is 1. The monoisotopic (exact) mass is 409 g/mol. The van der Waals surface area contributed by atoms with Crippen molar-refractivity contribution in [3.63, 3.8) is 0 Å². The summed E-state index contributed by atoms with van der Waals surface area (Å²) >= 11 is 0. The Labute approximate surface area is 176 Å². The summed E-state index contributed by atoms with van der Waals surface area (Å²) in [4.78, 5) is 11.5. The molecule has 0 amide bonds. The molecule has 0 saturated carbocycles. The maximum absolute atomic E-state index is 9.92. The Bertz CT molecular complexity index is 1010. The van der Waals surface area contributed by atoms with Crippen LogP contribution in [-0.4, -0.2) is 64.9 Å². The number of aromatic nitrogens is 4. The maximum Gasteiger partial charge on any atom is 0.167 e. The fourth-order valence-corrected chi connectivity index (χ4v) is 3.37. The van der Waals surface area contributed by atoms with Crippen LogP contribution in [0.5, 0.6) is 0 Å². The third-order valence-corrected chi connectivity index (χ3v) is 5.40. The van der Waals surface area contributed by atoms with Crippen molar-refractivity contribution in [3.8, 4) is 17.1 Å². The van der Waals surface area contributed by atoms with Gasteiger partial charge in [-0.3, -0.25) is 0 Å². The number of anilines is 1. The summed E-state index contributed by atoms with van der Waals surface area (Å²) in [6.07, 6.45) is 1.88. The molecule has 158 valence electrons. The Morgan fingerprint density at radius 2 is 1.90 bits per heavy atom. The first-order valence-corrected chi connectivity index (χ1v) is 10.0. The first-order valence-electron chi connectivity index (χ1n) is 10.0. The summed E-state index contributed by atoms with van der Waals surface area (Å²) < 4.78 is 12.8. The largest absolute Gasteiger partial charge is 0.393 e. The van der Waals surface area contributed by atoms with Gasteiger partial charge in [-0.1, -0.05) is 23.8 Å². The zero-order valence-corrected chi connectivity index (χ0v) is 17.6. The van der Waals surface area contributed by atoms with Crippen LogP contribution in [0.15, 0.2) is 42.6 Å². The Kier molecular flexibility index (Phi) is 5.80. The SMILES string of the molecule is COC(C)(CO)c1nc(N2CCOCC2)cc(-n2ccc(-c3cccc(C)c3)n2)n1. The molecule has 0 aliphatic carbocycles. The minimum absolute atomic E-state index is 0.233. The average Bonchev–Trinajstić information content (AvgIpc) is 3.29. The highest BCUT2D eigenvalue weighted by Crippen LogP contribution is 2.26. The van der Waals surface area contributed by atoms with Crippen molar-refractivity contribution in [1.82, 2.24) is 19.7 Å². The number of methoxy groups -OCH3 is 1. The molecule has 1 fully saturated rings. The fraction of sp³-hybridized carbons (Fsp3) is 0.409. The second-order valence-electron chi connectivity index (χ2n) is 7.62. The lowest BCUT2D eigenvalue weighted by molar-refractivity contribution is -0.0486. The lowest BCUT2D eigenvalue weighted by Crippen LogP contribution is -2.38. The summed E-state index contributed by atoms with van der Waals surface area (Å²) in [7, 11) is 1.55. The molecule has 8 nitrogen and oxygen atoms in total. The summed E-state index contributed by atoms with van der Waals surface area (Å²) in [5.41, 5.74) is 2.08. The van der Waals surface area contributed by atoms with Crippen LogP contribution in [-0.2, 0) is 15.1 Å². The number of benzene rings is 1. The van der Waals surface area contributed by atoms with Crippen molar-refractivity contribution in [2.24, 2.45) is 0 Å². The van der Waals surface area contributed by atoms with Crippen molar-refractivity contribution in [2.75, 3.05) is 44.9 Å². The van der Waals surface area contributed by atoms with Gasteiger partial charge in [0, 0.05) is 38.0 Å². The average molecular weight is 409 g/mol. The van der Waals surface area contributed by atoms with Crippen molar-refractivity contribution in [2.45, 2.75) is 19.4 Å². The second kappa shape index (κ2) is 8.51. The van der Waals surface area contributed by atoms with Crippen LogP contribution in [0.1, 0.15) is 18.3 Å². The molecule has 30 heavy (non-hydrogen) atoms. The van der Waals surface area contributed by atoms with E-state index in [-0.39, 0.29) is 6.61 Å². The lowest BCUT2D eigenvalue weighted by atomic mass is 10.1. The zero-order valence-electron chi connectivity index (χ0n) is 17.6. The zero-order chi connectivity index (χ0) is 21.1. The molecule has 3 aromatic rings. The smallest absolute Gasteiger partial charge is 0.167 e. The van der Waals surface area contributed by atoms with E-state index in [9.17, 15) is 5.11 Å². The minimum Gasteiger partial charge on any atom is -0.393 e. The molecule has 1 atom stereocenters. The fourth-order valence-electron chi connectivity index (χ4n) is 3.37. The molecular weight excluding hydrogens is 382 g/mol. The van der Waals surface area contributed by atoms with Crippen LogP contribution in [0, 0.1) is 6.92 Å². The normalized spacial score (nSPS) is 16.5. The molecule has 0 radical (unpaired) electrons. The Morgan fingerprint density at radius 1 is 1.13 bits per heavy atom. The Hall–Kier alpha value is -2.81. The van der Waals surface area contributed by atoms with E-state index in [0.29, 0.717) is 24.9 Å².